The third-order valence-corrected chi connectivity index (χ3v) is 5.65. The molecule has 1 atom stereocenters. The lowest BCUT2D eigenvalue weighted by Crippen LogP contribution is -2.54. The molecule has 1 N–H and O–H groups in total. The van der Waals surface area contributed by atoms with Crippen LogP contribution in [-0.4, -0.2) is 57.9 Å². The van der Waals surface area contributed by atoms with E-state index in [1.807, 2.05) is 6.07 Å². The fourth-order valence-electron chi connectivity index (χ4n) is 3.32. The summed E-state index contributed by atoms with van der Waals surface area (Å²) in [6.45, 7) is 8.09. The van der Waals surface area contributed by atoms with Gasteiger partial charge in [0.25, 0.3) is 0 Å². The van der Waals surface area contributed by atoms with Gasteiger partial charge < -0.3 is 15.1 Å². The molecule has 0 aromatic carbocycles. The zero-order chi connectivity index (χ0) is 18.1. The molecule has 1 aliphatic rings. The molecule has 138 valence electrons. The Kier molecular flexibility index (Phi) is 4.73. The third kappa shape index (κ3) is 3.36. The number of nitrogens with one attached hydrogen (secondary N) is 1. The molecule has 8 nitrogen and oxygen atoms in total. The summed E-state index contributed by atoms with van der Waals surface area (Å²) in [4.78, 5) is 15.3. The first-order valence-electron chi connectivity index (χ1n) is 8.83. The molecule has 0 radical (unpaired) electrons. The maximum absolute atomic E-state index is 4.83. The van der Waals surface area contributed by atoms with Crippen molar-refractivity contribution in [3.05, 3.63) is 22.4 Å². The topological polar surface area (TPSA) is 83.2 Å². The monoisotopic (exact) mass is 373 g/mol. The van der Waals surface area contributed by atoms with Crippen LogP contribution in [0.15, 0.2) is 22.1 Å². The van der Waals surface area contributed by atoms with Crippen molar-refractivity contribution in [2.45, 2.75) is 26.4 Å². The fourth-order valence-corrected chi connectivity index (χ4v) is 3.96. The number of hydrogen-bond donors (Lipinski definition) is 1. The zero-order valence-corrected chi connectivity index (χ0v) is 16.0. The van der Waals surface area contributed by atoms with E-state index in [2.05, 4.69) is 62.8 Å². The second-order valence-corrected chi connectivity index (χ2v) is 8.04. The Morgan fingerprint density at radius 2 is 2.08 bits per heavy atom. The van der Waals surface area contributed by atoms with Crippen LogP contribution in [0.3, 0.4) is 0 Å². The van der Waals surface area contributed by atoms with Gasteiger partial charge in [-0.1, -0.05) is 19.9 Å². The number of fused-ring (bicyclic) bond motifs is 1. The molecule has 0 spiro atoms. The first-order chi connectivity index (χ1) is 12.6. The van der Waals surface area contributed by atoms with Gasteiger partial charge in [0.1, 0.15) is 0 Å². The van der Waals surface area contributed by atoms with Crippen molar-refractivity contribution >= 4 is 34.3 Å². The van der Waals surface area contributed by atoms with Crippen LogP contribution >= 0.6 is 11.3 Å². The van der Waals surface area contributed by atoms with E-state index in [1.165, 1.54) is 4.88 Å². The maximum atomic E-state index is 4.83. The van der Waals surface area contributed by atoms with Crippen molar-refractivity contribution in [3.63, 3.8) is 0 Å². The van der Waals surface area contributed by atoms with Gasteiger partial charge >= 0.3 is 0 Å². The lowest BCUT2D eigenvalue weighted by atomic mass is 10.00. The summed E-state index contributed by atoms with van der Waals surface area (Å²) in [6.07, 6.45) is 0. The summed E-state index contributed by atoms with van der Waals surface area (Å²) >= 11 is 1.72. The zero-order valence-electron chi connectivity index (χ0n) is 15.2. The van der Waals surface area contributed by atoms with Gasteiger partial charge in [0, 0.05) is 30.6 Å². The molecule has 26 heavy (non-hydrogen) atoms. The Hall–Kier alpha value is -2.26. The van der Waals surface area contributed by atoms with Crippen molar-refractivity contribution in [2.24, 2.45) is 5.92 Å². The number of anilines is 2. The van der Waals surface area contributed by atoms with Crippen LogP contribution < -0.4 is 10.2 Å². The highest BCUT2D eigenvalue weighted by atomic mass is 32.1. The van der Waals surface area contributed by atoms with E-state index in [0.29, 0.717) is 29.8 Å². The minimum Gasteiger partial charge on any atom is -0.362 e. The molecular formula is C17H23N7OS. The molecule has 1 saturated heterocycles. The SMILES string of the molecule is CC(C)[C@H]1CN(C)CCN1c1nc2nonc2nc1NCc1cccs1. The van der Waals surface area contributed by atoms with Crippen LogP contribution in [0, 0.1) is 5.92 Å². The summed E-state index contributed by atoms with van der Waals surface area (Å²) < 4.78 is 4.83. The molecule has 4 rings (SSSR count). The predicted octanol–water partition coefficient (Wildman–Crippen LogP) is 2.46. The number of piperazine rings is 1. The highest BCUT2D eigenvalue weighted by molar-refractivity contribution is 7.09. The third-order valence-electron chi connectivity index (χ3n) is 4.77. The van der Waals surface area contributed by atoms with E-state index in [9.17, 15) is 0 Å². The first-order valence-corrected chi connectivity index (χ1v) is 9.71. The molecule has 0 aliphatic carbocycles. The van der Waals surface area contributed by atoms with Crippen LogP contribution in [0.25, 0.3) is 11.3 Å². The van der Waals surface area contributed by atoms with E-state index >= 15 is 0 Å². The molecule has 9 heteroatoms. The highest BCUT2D eigenvalue weighted by Gasteiger charge is 2.31. The average molecular weight is 373 g/mol. The summed E-state index contributed by atoms with van der Waals surface area (Å²) in [5, 5.41) is 13.3. The minimum atomic E-state index is 0.364. The number of nitrogens with zero attached hydrogens (tertiary/aromatic N) is 6. The number of aromatic nitrogens is 4. The average Bonchev–Trinajstić information content (AvgIpc) is 3.30. The molecule has 4 heterocycles. The first kappa shape index (κ1) is 17.2. The second-order valence-electron chi connectivity index (χ2n) is 7.01. The van der Waals surface area contributed by atoms with Gasteiger partial charge in [-0.2, -0.15) is 0 Å². The van der Waals surface area contributed by atoms with Crippen molar-refractivity contribution < 1.29 is 4.63 Å². The van der Waals surface area contributed by atoms with Gasteiger partial charge in [-0.05, 0) is 34.7 Å². The van der Waals surface area contributed by atoms with Gasteiger partial charge in [0.2, 0.25) is 11.3 Å². The summed E-state index contributed by atoms with van der Waals surface area (Å²) in [5.74, 6) is 2.06. The van der Waals surface area contributed by atoms with Gasteiger partial charge in [0.05, 0.1) is 6.54 Å². The highest BCUT2D eigenvalue weighted by Crippen LogP contribution is 2.30. The molecule has 3 aromatic rings. The molecule has 0 amide bonds. The van der Waals surface area contributed by atoms with E-state index in [-0.39, 0.29) is 0 Å². The Bertz CT molecular complexity index is 863. The standard InChI is InChI=1S/C17H23N7OS/c1-11(2)13-10-23(3)6-7-24(13)17-16(18-9-12-5-4-8-26-12)19-14-15(20-17)22-25-21-14/h4-5,8,11,13H,6-7,9-10H2,1-3H3,(H,18,19,21)/t13-/m1/s1. The Morgan fingerprint density at radius 3 is 2.81 bits per heavy atom. The molecule has 1 fully saturated rings. The summed E-state index contributed by atoms with van der Waals surface area (Å²) in [7, 11) is 2.17. The Balaban J connectivity index is 1.70. The van der Waals surface area contributed by atoms with Gasteiger partial charge in [-0.15, -0.1) is 11.3 Å². The Morgan fingerprint density at radius 1 is 1.27 bits per heavy atom. The largest absolute Gasteiger partial charge is 0.362 e. The number of hydrogen-bond acceptors (Lipinski definition) is 9. The number of rotatable bonds is 5. The fraction of sp³-hybridized carbons (Fsp3) is 0.529. The smallest absolute Gasteiger partial charge is 0.245 e. The van der Waals surface area contributed by atoms with Gasteiger partial charge in [-0.3, -0.25) is 0 Å². The van der Waals surface area contributed by atoms with Crippen LogP contribution in [-0.2, 0) is 6.54 Å². The summed E-state index contributed by atoms with van der Waals surface area (Å²) in [6, 6.07) is 4.52. The van der Waals surface area contributed by atoms with E-state index in [1.54, 1.807) is 11.3 Å². The number of likely N-dealkylation sites (N-methyl/N-ethyl adjacent to an activating group) is 1. The Labute approximate surface area is 156 Å². The molecule has 0 saturated carbocycles. The van der Waals surface area contributed by atoms with E-state index in [4.69, 9.17) is 9.61 Å². The summed E-state index contributed by atoms with van der Waals surface area (Å²) in [5.41, 5.74) is 0.876. The van der Waals surface area contributed by atoms with Crippen molar-refractivity contribution in [2.75, 3.05) is 36.9 Å². The van der Waals surface area contributed by atoms with Crippen molar-refractivity contribution in [3.8, 4) is 0 Å². The molecular weight excluding hydrogens is 350 g/mol. The van der Waals surface area contributed by atoms with Crippen molar-refractivity contribution in [1.82, 2.24) is 25.2 Å². The van der Waals surface area contributed by atoms with Gasteiger partial charge in [-0.25, -0.2) is 14.6 Å². The lowest BCUT2D eigenvalue weighted by Gasteiger charge is -2.43. The minimum absolute atomic E-state index is 0.364. The van der Waals surface area contributed by atoms with Gasteiger partial charge in [0.15, 0.2) is 11.6 Å². The van der Waals surface area contributed by atoms with Crippen LogP contribution in [0.2, 0.25) is 0 Å². The molecule has 0 unspecified atom stereocenters. The quantitative estimate of drug-likeness (QED) is 0.730. The van der Waals surface area contributed by atoms with E-state index < -0.39 is 0 Å². The molecule has 0 bridgehead atoms. The predicted molar refractivity (Wildman–Crippen MR) is 103 cm³/mol. The van der Waals surface area contributed by atoms with Crippen molar-refractivity contribution in [1.29, 1.82) is 0 Å². The number of thiophene rings is 1. The van der Waals surface area contributed by atoms with E-state index in [0.717, 1.165) is 31.3 Å². The maximum Gasteiger partial charge on any atom is 0.245 e. The van der Waals surface area contributed by atoms with Crippen LogP contribution in [0.5, 0.6) is 0 Å². The normalized spacial score (nSPS) is 18.8. The lowest BCUT2D eigenvalue weighted by molar-refractivity contribution is 0.236. The second kappa shape index (κ2) is 7.16. The van der Waals surface area contributed by atoms with Crippen LogP contribution in [0.1, 0.15) is 18.7 Å². The van der Waals surface area contributed by atoms with Crippen LogP contribution in [0.4, 0.5) is 11.6 Å². The molecule has 1 aliphatic heterocycles. The molecule has 3 aromatic heterocycles.